The van der Waals surface area contributed by atoms with Crippen LogP contribution in [0.3, 0.4) is 0 Å². The molecule has 0 bridgehead atoms. The Morgan fingerprint density at radius 3 is 2.11 bits per heavy atom. The molecule has 0 atom stereocenters. The number of aryl methyl sites for hydroxylation is 1. The molecule has 7 heteroatoms. The van der Waals surface area contributed by atoms with E-state index in [4.69, 9.17) is 4.74 Å². The lowest BCUT2D eigenvalue weighted by Crippen LogP contribution is -2.29. The van der Waals surface area contributed by atoms with Crippen LogP contribution in [-0.2, 0) is 16.6 Å². The minimum Gasteiger partial charge on any atom is -0.455 e. The summed E-state index contributed by atoms with van der Waals surface area (Å²) in [6.07, 6.45) is 1.17. The fraction of sp³-hybridized carbons (Fsp3) is 0.107. The van der Waals surface area contributed by atoms with Crippen LogP contribution in [0.15, 0.2) is 103 Å². The summed E-state index contributed by atoms with van der Waals surface area (Å²) in [7, 11) is -3.53. The number of anilines is 2. The van der Waals surface area contributed by atoms with Crippen molar-refractivity contribution in [1.82, 2.24) is 0 Å². The molecule has 35 heavy (non-hydrogen) atoms. The van der Waals surface area contributed by atoms with Gasteiger partial charge in [-0.3, -0.25) is 9.10 Å². The number of sulfonamides is 1. The molecule has 4 aromatic rings. The molecular formula is C28H26N2O4S. The van der Waals surface area contributed by atoms with Crippen LogP contribution >= 0.6 is 0 Å². The third-order valence-electron chi connectivity index (χ3n) is 5.37. The van der Waals surface area contributed by atoms with Crippen LogP contribution in [0.4, 0.5) is 11.4 Å². The fourth-order valence-electron chi connectivity index (χ4n) is 3.51. The second-order valence-electron chi connectivity index (χ2n) is 8.17. The highest BCUT2D eigenvalue weighted by atomic mass is 32.2. The zero-order valence-corrected chi connectivity index (χ0v) is 20.3. The predicted octanol–water partition coefficient (Wildman–Crippen LogP) is 6.01. The number of rotatable bonds is 8. The van der Waals surface area contributed by atoms with Gasteiger partial charge in [-0.2, -0.15) is 0 Å². The minimum absolute atomic E-state index is 0.203. The molecule has 4 aromatic carbocycles. The van der Waals surface area contributed by atoms with Gasteiger partial charge >= 0.3 is 0 Å². The van der Waals surface area contributed by atoms with Gasteiger partial charge in [0.25, 0.3) is 5.91 Å². The van der Waals surface area contributed by atoms with Crippen LogP contribution in [0.5, 0.6) is 11.5 Å². The first-order valence-electron chi connectivity index (χ1n) is 11.1. The summed E-state index contributed by atoms with van der Waals surface area (Å²) in [5, 5.41) is 2.88. The number of carbonyl (C=O) groups is 1. The molecule has 0 aliphatic rings. The molecule has 0 saturated carbocycles. The lowest BCUT2D eigenvalue weighted by molar-refractivity contribution is 0.102. The van der Waals surface area contributed by atoms with E-state index in [1.807, 2.05) is 73.7 Å². The maximum absolute atomic E-state index is 12.9. The third-order valence-corrected chi connectivity index (χ3v) is 6.51. The Morgan fingerprint density at radius 1 is 0.829 bits per heavy atom. The zero-order chi connectivity index (χ0) is 24.8. The van der Waals surface area contributed by atoms with E-state index in [1.54, 1.807) is 36.4 Å². The maximum Gasteiger partial charge on any atom is 0.255 e. The van der Waals surface area contributed by atoms with Crippen molar-refractivity contribution in [2.45, 2.75) is 13.5 Å². The molecular weight excluding hydrogens is 460 g/mol. The summed E-state index contributed by atoms with van der Waals surface area (Å²) in [5.41, 5.74) is 3.38. The lowest BCUT2D eigenvalue weighted by atomic mass is 10.1. The lowest BCUT2D eigenvalue weighted by Gasteiger charge is -2.23. The van der Waals surface area contributed by atoms with Crippen LogP contribution in [0.1, 0.15) is 21.5 Å². The molecule has 0 spiro atoms. The van der Waals surface area contributed by atoms with Crippen LogP contribution in [0.2, 0.25) is 0 Å². The van der Waals surface area contributed by atoms with Gasteiger partial charge in [0.05, 0.1) is 24.2 Å². The molecule has 6 nitrogen and oxygen atoms in total. The van der Waals surface area contributed by atoms with Gasteiger partial charge in [0.1, 0.15) is 5.75 Å². The molecule has 1 amide bonds. The van der Waals surface area contributed by atoms with Crippen molar-refractivity contribution < 1.29 is 17.9 Å². The Labute approximate surface area is 205 Å². The predicted molar refractivity (Wildman–Crippen MR) is 140 cm³/mol. The quantitative estimate of drug-likeness (QED) is 0.331. The number of nitrogens with one attached hydrogen (secondary N) is 1. The summed E-state index contributed by atoms with van der Waals surface area (Å²) in [6.45, 7) is 2.18. The molecule has 0 fully saturated rings. The Hall–Kier alpha value is -4.10. The van der Waals surface area contributed by atoms with Crippen LogP contribution in [0.25, 0.3) is 0 Å². The average molecular weight is 487 g/mol. The molecule has 0 aromatic heterocycles. The van der Waals surface area contributed by atoms with E-state index in [0.29, 0.717) is 28.4 Å². The molecule has 1 N–H and O–H groups in total. The molecule has 0 unspecified atom stereocenters. The number of benzene rings is 4. The Kier molecular flexibility index (Phi) is 7.17. The molecule has 178 valence electrons. The van der Waals surface area contributed by atoms with Gasteiger partial charge in [0, 0.05) is 5.56 Å². The molecule has 0 heterocycles. The van der Waals surface area contributed by atoms with Crippen molar-refractivity contribution in [3.8, 4) is 11.5 Å². The topological polar surface area (TPSA) is 75.7 Å². The average Bonchev–Trinajstić information content (AvgIpc) is 2.85. The van der Waals surface area contributed by atoms with Crippen molar-refractivity contribution in [1.29, 1.82) is 0 Å². The number of hydrogen-bond donors (Lipinski definition) is 1. The number of hydrogen-bond acceptors (Lipinski definition) is 4. The Morgan fingerprint density at radius 2 is 1.46 bits per heavy atom. The number of carbonyl (C=O) groups excluding carboxylic acids is 1. The van der Waals surface area contributed by atoms with Crippen molar-refractivity contribution in [2.75, 3.05) is 15.9 Å². The number of para-hydroxylation sites is 3. The maximum atomic E-state index is 12.9. The third kappa shape index (κ3) is 6.28. The van der Waals surface area contributed by atoms with Gasteiger partial charge in [-0.1, -0.05) is 60.2 Å². The van der Waals surface area contributed by atoms with Crippen molar-refractivity contribution in [3.63, 3.8) is 0 Å². The highest BCUT2D eigenvalue weighted by Crippen LogP contribution is 2.30. The van der Waals surface area contributed by atoms with Crippen molar-refractivity contribution >= 4 is 27.3 Å². The Bertz CT molecular complexity index is 1400. The smallest absolute Gasteiger partial charge is 0.255 e. The monoisotopic (exact) mass is 486 g/mol. The summed E-state index contributed by atoms with van der Waals surface area (Å²) in [4.78, 5) is 12.9. The van der Waals surface area contributed by atoms with E-state index >= 15 is 0 Å². The van der Waals surface area contributed by atoms with E-state index in [1.165, 1.54) is 10.6 Å². The van der Waals surface area contributed by atoms with Crippen molar-refractivity contribution in [3.05, 3.63) is 120 Å². The van der Waals surface area contributed by atoms with E-state index in [2.05, 4.69) is 5.32 Å². The van der Waals surface area contributed by atoms with Gasteiger partial charge in [0.15, 0.2) is 5.75 Å². The number of ether oxygens (including phenoxy) is 1. The largest absolute Gasteiger partial charge is 0.455 e. The summed E-state index contributed by atoms with van der Waals surface area (Å²) in [5.74, 6) is 0.850. The zero-order valence-electron chi connectivity index (χ0n) is 19.5. The number of amides is 1. The molecule has 0 aliphatic heterocycles. The second-order valence-corrected chi connectivity index (χ2v) is 10.1. The van der Waals surface area contributed by atoms with Crippen LogP contribution in [-0.4, -0.2) is 20.6 Å². The first-order chi connectivity index (χ1) is 16.8. The summed E-state index contributed by atoms with van der Waals surface area (Å²) >= 11 is 0. The SMILES string of the molecule is Cc1ccc(CN(c2ccc(C(=O)Nc3ccccc3Oc3ccccc3)cc2)S(C)(=O)=O)cc1. The minimum atomic E-state index is -3.53. The van der Waals surface area contributed by atoms with Crippen LogP contribution in [0, 0.1) is 6.92 Å². The normalized spacial score (nSPS) is 11.0. The Balaban J connectivity index is 1.51. The number of nitrogens with zero attached hydrogens (tertiary/aromatic N) is 1. The highest BCUT2D eigenvalue weighted by molar-refractivity contribution is 7.92. The van der Waals surface area contributed by atoms with E-state index < -0.39 is 10.0 Å². The first-order valence-corrected chi connectivity index (χ1v) is 12.9. The second kappa shape index (κ2) is 10.4. The van der Waals surface area contributed by atoms with Gasteiger partial charge in [-0.05, 0) is 61.0 Å². The van der Waals surface area contributed by atoms with E-state index in [9.17, 15) is 13.2 Å². The van der Waals surface area contributed by atoms with Crippen LogP contribution < -0.4 is 14.4 Å². The van der Waals surface area contributed by atoms with Gasteiger partial charge < -0.3 is 10.1 Å². The van der Waals surface area contributed by atoms with Crippen molar-refractivity contribution in [2.24, 2.45) is 0 Å². The van der Waals surface area contributed by atoms with E-state index in [0.717, 1.165) is 11.1 Å². The molecule has 0 aliphatic carbocycles. The van der Waals surface area contributed by atoms with Gasteiger partial charge in [-0.25, -0.2) is 8.42 Å². The highest BCUT2D eigenvalue weighted by Gasteiger charge is 2.19. The van der Waals surface area contributed by atoms with E-state index in [-0.39, 0.29) is 12.5 Å². The summed E-state index contributed by atoms with van der Waals surface area (Å²) in [6, 6.07) is 30.7. The molecule has 0 radical (unpaired) electrons. The van der Waals surface area contributed by atoms with Gasteiger partial charge in [0.2, 0.25) is 10.0 Å². The first kappa shape index (κ1) is 24.0. The fourth-order valence-corrected chi connectivity index (χ4v) is 4.40. The molecule has 4 rings (SSSR count). The molecule has 0 saturated heterocycles. The van der Waals surface area contributed by atoms with Gasteiger partial charge in [-0.15, -0.1) is 0 Å². The summed E-state index contributed by atoms with van der Waals surface area (Å²) < 4.78 is 32.2. The standard InChI is InChI=1S/C28H26N2O4S/c1-21-12-14-22(15-13-21)20-30(35(2,32)33)24-18-16-23(17-19-24)28(31)29-26-10-6-7-11-27(26)34-25-8-4-3-5-9-25/h3-19H,20H2,1-2H3,(H,29,31).